The zero-order valence-electron chi connectivity index (χ0n) is 13.6. The molecule has 2 unspecified atom stereocenters. The quantitative estimate of drug-likeness (QED) is 0.644. The molecule has 0 saturated carbocycles. The summed E-state index contributed by atoms with van der Waals surface area (Å²) in [7, 11) is 1.28. The molecule has 0 rings (SSSR count). The van der Waals surface area contributed by atoms with Crippen molar-refractivity contribution < 1.29 is 19.1 Å². The van der Waals surface area contributed by atoms with Crippen LogP contribution in [0.25, 0.3) is 0 Å². The second kappa shape index (κ2) is 8.49. The lowest BCUT2D eigenvalue weighted by atomic mass is 9.88. The molecule has 2 atom stereocenters. The third kappa shape index (κ3) is 7.53. The van der Waals surface area contributed by atoms with Gasteiger partial charge >= 0.3 is 12.1 Å². The second-order valence-corrected chi connectivity index (χ2v) is 6.32. The molecule has 3 N–H and O–H groups in total. The van der Waals surface area contributed by atoms with Gasteiger partial charge in [-0.15, -0.1) is 0 Å². The number of amides is 3. The van der Waals surface area contributed by atoms with Crippen LogP contribution in [-0.2, 0) is 9.53 Å². The van der Waals surface area contributed by atoms with Gasteiger partial charge in [0.15, 0.2) is 0 Å². The van der Waals surface area contributed by atoms with Crippen molar-refractivity contribution in [2.45, 2.75) is 46.7 Å². The molecule has 0 aromatic rings. The number of carbonyl (C=O) groups is 3. The highest BCUT2D eigenvalue weighted by Gasteiger charge is 2.27. The van der Waals surface area contributed by atoms with Gasteiger partial charge in [-0.2, -0.15) is 0 Å². The van der Waals surface area contributed by atoms with Crippen LogP contribution in [0.4, 0.5) is 9.59 Å². The van der Waals surface area contributed by atoms with Gasteiger partial charge < -0.3 is 25.5 Å². The number of ether oxygens (including phenoxy) is 1. The molecule has 7 heteroatoms. The molecule has 0 aliphatic heterocycles. The Labute approximate surface area is 126 Å². The van der Waals surface area contributed by atoms with Crippen LogP contribution in [0.5, 0.6) is 0 Å². The van der Waals surface area contributed by atoms with Crippen LogP contribution in [0.2, 0.25) is 0 Å². The summed E-state index contributed by atoms with van der Waals surface area (Å²) >= 11 is 0. The maximum absolute atomic E-state index is 12.0. The number of aldehydes is 1. The van der Waals surface area contributed by atoms with E-state index < -0.39 is 18.2 Å². The molecular formula is C14H27N3O4. The van der Waals surface area contributed by atoms with Crippen LogP contribution in [0, 0.1) is 11.3 Å². The number of carbonyl (C=O) groups excluding carboxylic acids is 3. The van der Waals surface area contributed by atoms with Crippen molar-refractivity contribution >= 4 is 18.4 Å². The highest BCUT2D eigenvalue weighted by atomic mass is 16.5. The number of hydrogen-bond acceptors (Lipinski definition) is 4. The van der Waals surface area contributed by atoms with E-state index >= 15 is 0 Å². The van der Waals surface area contributed by atoms with Crippen molar-refractivity contribution in [3.05, 3.63) is 0 Å². The van der Waals surface area contributed by atoms with Crippen LogP contribution in [0.3, 0.4) is 0 Å². The fourth-order valence-corrected chi connectivity index (χ4v) is 1.52. The van der Waals surface area contributed by atoms with Gasteiger partial charge in [0.2, 0.25) is 0 Å². The Morgan fingerprint density at radius 1 is 1.19 bits per heavy atom. The first-order valence-corrected chi connectivity index (χ1v) is 6.96. The largest absolute Gasteiger partial charge is 0.453 e. The van der Waals surface area contributed by atoms with Gasteiger partial charge in [-0.3, -0.25) is 0 Å². The summed E-state index contributed by atoms with van der Waals surface area (Å²) in [6.45, 7) is 9.69. The SMILES string of the molecule is COC(=O)NCC(NC(=O)NC(C=O)C(C)(C)C)C(C)C. The molecule has 0 radical (unpaired) electrons. The Kier molecular flexibility index (Phi) is 7.76. The smallest absolute Gasteiger partial charge is 0.406 e. The molecule has 21 heavy (non-hydrogen) atoms. The van der Waals surface area contributed by atoms with Crippen molar-refractivity contribution in [2.24, 2.45) is 11.3 Å². The van der Waals surface area contributed by atoms with Gasteiger partial charge in [-0.05, 0) is 11.3 Å². The molecular weight excluding hydrogens is 274 g/mol. The third-order valence-electron chi connectivity index (χ3n) is 3.13. The molecule has 0 heterocycles. The maximum atomic E-state index is 12.0. The first-order chi connectivity index (χ1) is 9.61. The van der Waals surface area contributed by atoms with E-state index in [1.807, 2.05) is 34.6 Å². The summed E-state index contributed by atoms with van der Waals surface area (Å²) in [6.07, 6.45) is 0.166. The van der Waals surface area contributed by atoms with Gasteiger partial charge in [0.1, 0.15) is 6.29 Å². The lowest BCUT2D eigenvalue weighted by molar-refractivity contribution is -0.111. The van der Waals surface area contributed by atoms with Crippen molar-refractivity contribution in [3.8, 4) is 0 Å². The zero-order chi connectivity index (χ0) is 16.6. The average molecular weight is 301 g/mol. The van der Waals surface area contributed by atoms with Gasteiger partial charge in [0, 0.05) is 6.54 Å². The number of alkyl carbamates (subject to hydrolysis) is 1. The third-order valence-corrected chi connectivity index (χ3v) is 3.13. The minimum Gasteiger partial charge on any atom is -0.453 e. The number of hydrogen-bond donors (Lipinski definition) is 3. The Bertz CT molecular complexity index is 364. The molecule has 0 aromatic carbocycles. The summed E-state index contributed by atoms with van der Waals surface area (Å²) in [6, 6.07) is -1.29. The van der Waals surface area contributed by atoms with Gasteiger partial charge in [0.05, 0.1) is 19.2 Å². The Morgan fingerprint density at radius 3 is 2.14 bits per heavy atom. The summed E-state index contributed by atoms with van der Waals surface area (Å²) in [5.41, 5.74) is -0.364. The summed E-state index contributed by atoms with van der Waals surface area (Å²) in [5.74, 6) is 0.109. The van der Waals surface area contributed by atoms with Crippen LogP contribution in [0.15, 0.2) is 0 Å². The van der Waals surface area contributed by atoms with E-state index in [1.165, 1.54) is 7.11 Å². The maximum Gasteiger partial charge on any atom is 0.406 e. The molecule has 0 aliphatic rings. The van der Waals surface area contributed by atoms with Crippen LogP contribution in [-0.4, -0.2) is 44.1 Å². The Balaban J connectivity index is 4.54. The van der Waals surface area contributed by atoms with Crippen LogP contribution >= 0.6 is 0 Å². The lowest BCUT2D eigenvalue weighted by Crippen LogP contribution is -2.54. The molecule has 7 nitrogen and oxygen atoms in total. The van der Waals surface area contributed by atoms with E-state index in [9.17, 15) is 14.4 Å². The summed E-state index contributed by atoms with van der Waals surface area (Å²) < 4.78 is 4.49. The molecule has 0 aromatic heterocycles. The fraction of sp³-hybridized carbons (Fsp3) is 0.786. The van der Waals surface area contributed by atoms with Gasteiger partial charge in [0.25, 0.3) is 0 Å². The van der Waals surface area contributed by atoms with Crippen LogP contribution in [0.1, 0.15) is 34.6 Å². The topological polar surface area (TPSA) is 96.5 Å². The number of nitrogens with one attached hydrogen (secondary N) is 3. The van der Waals surface area contributed by atoms with Gasteiger partial charge in [-0.25, -0.2) is 9.59 Å². The number of rotatable bonds is 6. The zero-order valence-corrected chi connectivity index (χ0v) is 13.6. The van der Waals surface area contributed by atoms with Gasteiger partial charge in [-0.1, -0.05) is 34.6 Å². The highest BCUT2D eigenvalue weighted by molar-refractivity contribution is 5.78. The van der Waals surface area contributed by atoms with E-state index in [4.69, 9.17) is 0 Å². The molecule has 0 bridgehead atoms. The number of urea groups is 1. The minimum atomic E-state index is -0.584. The first-order valence-electron chi connectivity index (χ1n) is 6.96. The van der Waals surface area contributed by atoms with Crippen molar-refractivity contribution in [1.29, 1.82) is 0 Å². The molecule has 0 aliphatic carbocycles. The monoisotopic (exact) mass is 301 g/mol. The average Bonchev–Trinajstić information content (AvgIpc) is 2.38. The lowest BCUT2D eigenvalue weighted by Gasteiger charge is -2.29. The molecule has 0 spiro atoms. The normalized spacial score (nSPS) is 14.0. The minimum absolute atomic E-state index is 0.109. The Hall–Kier alpha value is -1.79. The van der Waals surface area contributed by atoms with Crippen molar-refractivity contribution in [1.82, 2.24) is 16.0 Å². The molecule has 122 valence electrons. The first kappa shape index (κ1) is 19.2. The van der Waals surface area contributed by atoms with Crippen LogP contribution < -0.4 is 16.0 Å². The predicted molar refractivity (Wildman–Crippen MR) is 80.0 cm³/mol. The standard InChI is InChI=1S/C14H27N3O4/c1-9(2)10(7-15-13(20)21-6)16-12(19)17-11(8-18)14(3,4)5/h8-11H,7H2,1-6H3,(H,15,20)(H2,16,17,19). The van der Waals surface area contributed by atoms with E-state index in [-0.39, 0.29) is 23.9 Å². The molecule has 3 amide bonds. The van der Waals surface area contributed by atoms with E-state index in [0.717, 1.165) is 6.29 Å². The van der Waals surface area contributed by atoms with Crippen molar-refractivity contribution in [2.75, 3.05) is 13.7 Å². The number of methoxy groups -OCH3 is 1. The van der Waals surface area contributed by atoms with Crippen molar-refractivity contribution in [3.63, 3.8) is 0 Å². The van der Waals surface area contributed by atoms with E-state index in [0.29, 0.717) is 0 Å². The summed E-state index contributed by atoms with van der Waals surface area (Å²) in [5, 5.41) is 7.93. The van der Waals surface area contributed by atoms with E-state index in [1.54, 1.807) is 0 Å². The second-order valence-electron chi connectivity index (χ2n) is 6.32. The molecule has 0 fully saturated rings. The highest BCUT2D eigenvalue weighted by Crippen LogP contribution is 2.17. The molecule has 0 saturated heterocycles. The van der Waals surface area contributed by atoms with E-state index in [2.05, 4.69) is 20.7 Å². The Morgan fingerprint density at radius 2 is 1.76 bits per heavy atom. The summed E-state index contributed by atoms with van der Waals surface area (Å²) in [4.78, 5) is 34.1. The fourth-order valence-electron chi connectivity index (χ4n) is 1.52. The predicted octanol–water partition coefficient (Wildman–Crippen LogP) is 1.28.